The summed E-state index contributed by atoms with van der Waals surface area (Å²) in [4.78, 5) is 4.02. The van der Waals surface area contributed by atoms with Crippen molar-refractivity contribution in [3.8, 4) is 0 Å². The predicted octanol–water partition coefficient (Wildman–Crippen LogP) is 2.71. The Morgan fingerprint density at radius 2 is 2.33 bits per heavy atom. The molecule has 1 unspecified atom stereocenters. The maximum atomic E-state index is 4.02. The van der Waals surface area contributed by atoms with Gasteiger partial charge in [0.15, 0.2) is 0 Å². The molecular formula is C10H18N2. The zero-order valence-corrected chi connectivity index (χ0v) is 8.03. The molecule has 68 valence electrons. The second-order valence-corrected chi connectivity index (χ2v) is 3.51. The molecule has 0 saturated heterocycles. The maximum absolute atomic E-state index is 4.02. The largest absolute Gasteiger partial charge is 0.337 e. The van der Waals surface area contributed by atoms with E-state index in [4.69, 9.17) is 0 Å². The van der Waals surface area contributed by atoms with Gasteiger partial charge in [-0.2, -0.15) is 0 Å². The molecule has 0 aliphatic rings. The molecule has 0 amide bonds. The van der Waals surface area contributed by atoms with E-state index in [0.29, 0.717) is 0 Å². The van der Waals surface area contributed by atoms with Crippen molar-refractivity contribution in [2.75, 3.05) is 0 Å². The van der Waals surface area contributed by atoms with Crippen LogP contribution in [0.15, 0.2) is 18.7 Å². The van der Waals surface area contributed by atoms with E-state index in [1.165, 1.54) is 19.3 Å². The first-order valence-electron chi connectivity index (χ1n) is 4.78. The molecule has 0 aromatic carbocycles. The maximum Gasteiger partial charge on any atom is 0.0945 e. The van der Waals surface area contributed by atoms with Gasteiger partial charge in [0.2, 0.25) is 0 Å². The molecule has 0 N–H and O–H groups in total. The lowest BCUT2D eigenvalue weighted by Gasteiger charge is -2.10. The van der Waals surface area contributed by atoms with Gasteiger partial charge in [0.1, 0.15) is 0 Å². The fourth-order valence-electron chi connectivity index (χ4n) is 1.40. The highest BCUT2D eigenvalue weighted by molar-refractivity contribution is 4.74. The molecule has 12 heavy (non-hydrogen) atoms. The van der Waals surface area contributed by atoms with Crippen LogP contribution in [0, 0.1) is 5.92 Å². The Labute approximate surface area is 74.6 Å². The van der Waals surface area contributed by atoms with E-state index >= 15 is 0 Å². The third kappa shape index (κ3) is 3.07. The lowest BCUT2D eigenvalue weighted by Crippen LogP contribution is -2.05. The van der Waals surface area contributed by atoms with Crippen LogP contribution >= 0.6 is 0 Å². The highest BCUT2D eigenvalue weighted by atomic mass is 15.0. The zero-order valence-electron chi connectivity index (χ0n) is 8.03. The Hall–Kier alpha value is -0.790. The van der Waals surface area contributed by atoms with Crippen LogP contribution in [0.1, 0.15) is 33.1 Å². The summed E-state index contributed by atoms with van der Waals surface area (Å²) in [6.45, 7) is 5.65. The number of hydrogen-bond donors (Lipinski definition) is 0. The van der Waals surface area contributed by atoms with Crippen molar-refractivity contribution in [3.05, 3.63) is 18.7 Å². The van der Waals surface area contributed by atoms with Gasteiger partial charge in [0, 0.05) is 18.9 Å². The third-order valence-corrected chi connectivity index (χ3v) is 2.13. The molecule has 1 heterocycles. The van der Waals surface area contributed by atoms with Crippen LogP contribution in [0.25, 0.3) is 0 Å². The van der Waals surface area contributed by atoms with Gasteiger partial charge in [0.05, 0.1) is 6.33 Å². The van der Waals surface area contributed by atoms with Gasteiger partial charge in [-0.05, 0) is 12.3 Å². The fourth-order valence-corrected chi connectivity index (χ4v) is 1.40. The van der Waals surface area contributed by atoms with Gasteiger partial charge in [-0.1, -0.05) is 26.7 Å². The summed E-state index contributed by atoms with van der Waals surface area (Å²) >= 11 is 0. The van der Waals surface area contributed by atoms with Gasteiger partial charge in [-0.3, -0.25) is 0 Å². The minimum Gasteiger partial charge on any atom is -0.337 e. The van der Waals surface area contributed by atoms with Crippen LogP contribution in [-0.4, -0.2) is 9.55 Å². The van der Waals surface area contributed by atoms with Gasteiger partial charge in [-0.15, -0.1) is 0 Å². The molecule has 2 nitrogen and oxygen atoms in total. The van der Waals surface area contributed by atoms with Gasteiger partial charge in [0.25, 0.3) is 0 Å². The summed E-state index contributed by atoms with van der Waals surface area (Å²) in [5, 5.41) is 0. The summed E-state index contributed by atoms with van der Waals surface area (Å²) in [5.41, 5.74) is 0. The molecule has 0 aliphatic carbocycles. The summed E-state index contributed by atoms with van der Waals surface area (Å²) in [5.74, 6) is 0.777. The van der Waals surface area contributed by atoms with Crippen molar-refractivity contribution < 1.29 is 0 Å². The Morgan fingerprint density at radius 3 is 2.92 bits per heavy atom. The molecule has 0 spiro atoms. The van der Waals surface area contributed by atoms with Crippen molar-refractivity contribution in [1.82, 2.24) is 9.55 Å². The Kier molecular flexibility index (Phi) is 3.85. The standard InChI is InChI=1S/C10H18N2/c1-3-4-5-10(2)8-12-7-6-11-9-12/h6-7,9-10H,3-5,8H2,1-2H3. The van der Waals surface area contributed by atoms with Gasteiger partial charge in [-0.25, -0.2) is 4.98 Å². The zero-order chi connectivity index (χ0) is 8.81. The van der Waals surface area contributed by atoms with E-state index < -0.39 is 0 Å². The molecule has 0 fully saturated rings. The molecule has 1 atom stereocenters. The second kappa shape index (κ2) is 4.96. The van der Waals surface area contributed by atoms with Crippen molar-refractivity contribution >= 4 is 0 Å². The lowest BCUT2D eigenvalue weighted by molar-refractivity contribution is 0.435. The quantitative estimate of drug-likeness (QED) is 0.657. The van der Waals surface area contributed by atoms with E-state index in [-0.39, 0.29) is 0 Å². The third-order valence-electron chi connectivity index (χ3n) is 2.13. The van der Waals surface area contributed by atoms with Crippen LogP contribution in [0.4, 0.5) is 0 Å². The highest BCUT2D eigenvalue weighted by Crippen LogP contribution is 2.09. The monoisotopic (exact) mass is 166 g/mol. The number of nitrogens with zero attached hydrogens (tertiary/aromatic N) is 2. The first-order valence-corrected chi connectivity index (χ1v) is 4.78. The number of imidazole rings is 1. The number of unbranched alkanes of at least 4 members (excludes halogenated alkanes) is 1. The van der Waals surface area contributed by atoms with E-state index in [9.17, 15) is 0 Å². The topological polar surface area (TPSA) is 17.8 Å². The van der Waals surface area contributed by atoms with Crippen molar-refractivity contribution in [1.29, 1.82) is 0 Å². The summed E-state index contributed by atoms with van der Waals surface area (Å²) < 4.78 is 2.15. The van der Waals surface area contributed by atoms with E-state index in [1.807, 2.05) is 18.7 Å². The van der Waals surface area contributed by atoms with Crippen LogP contribution in [0.2, 0.25) is 0 Å². The summed E-state index contributed by atoms with van der Waals surface area (Å²) in [6.07, 6.45) is 9.73. The van der Waals surface area contributed by atoms with Crippen molar-refractivity contribution in [2.24, 2.45) is 5.92 Å². The molecule has 1 rings (SSSR count). The molecule has 0 saturated carbocycles. The van der Waals surface area contributed by atoms with Crippen molar-refractivity contribution in [3.63, 3.8) is 0 Å². The van der Waals surface area contributed by atoms with Crippen LogP contribution in [-0.2, 0) is 6.54 Å². The number of hydrogen-bond acceptors (Lipinski definition) is 1. The highest BCUT2D eigenvalue weighted by Gasteiger charge is 2.01. The fraction of sp³-hybridized carbons (Fsp3) is 0.700. The van der Waals surface area contributed by atoms with Crippen LogP contribution in [0.3, 0.4) is 0 Å². The van der Waals surface area contributed by atoms with Crippen LogP contribution < -0.4 is 0 Å². The minimum absolute atomic E-state index is 0.777. The molecule has 0 radical (unpaired) electrons. The molecular weight excluding hydrogens is 148 g/mol. The second-order valence-electron chi connectivity index (χ2n) is 3.51. The van der Waals surface area contributed by atoms with E-state index in [2.05, 4.69) is 23.4 Å². The molecule has 2 heteroatoms. The summed E-state index contributed by atoms with van der Waals surface area (Å²) in [7, 11) is 0. The molecule has 1 aromatic rings. The molecule has 0 bridgehead atoms. The van der Waals surface area contributed by atoms with Crippen LogP contribution in [0.5, 0.6) is 0 Å². The Balaban J connectivity index is 2.22. The number of rotatable bonds is 5. The lowest BCUT2D eigenvalue weighted by atomic mass is 10.0. The first kappa shape index (κ1) is 9.30. The smallest absolute Gasteiger partial charge is 0.0945 e. The SMILES string of the molecule is CCCCC(C)Cn1ccnc1. The average molecular weight is 166 g/mol. The first-order chi connectivity index (χ1) is 5.83. The average Bonchev–Trinajstić information content (AvgIpc) is 2.53. The van der Waals surface area contributed by atoms with E-state index in [0.717, 1.165) is 12.5 Å². The number of aromatic nitrogens is 2. The minimum atomic E-state index is 0.777. The van der Waals surface area contributed by atoms with Crippen molar-refractivity contribution in [2.45, 2.75) is 39.7 Å². The predicted molar refractivity (Wildman–Crippen MR) is 50.9 cm³/mol. The normalized spacial score (nSPS) is 13.2. The Morgan fingerprint density at radius 1 is 1.50 bits per heavy atom. The Bertz CT molecular complexity index is 192. The summed E-state index contributed by atoms with van der Waals surface area (Å²) in [6, 6.07) is 0. The molecule has 0 aliphatic heterocycles. The molecule has 1 aromatic heterocycles. The van der Waals surface area contributed by atoms with Gasteiger partial charge < -0.3 is 4.57 Å². The van der Waals surface area contributed by atoms with Gasteiger partial charge >= 0.3 is 0 Å². The van der Waals surface area contributed by atoms with E-state index in [1.54, 1.807) is 0 Å².